The molecule has 0 aromatic heterocycles. The maximum Gasteiger partial charge on any atom is 0.117 e. The van der Waals surface area contributed by atoms with Gasteiger partial charge in [0.1, 0.15) is 11.7 Å². The van der Waals surface area contributed by atoms with Gasteiger partial charge in [-0.2, -0.15) is 0 Å². The third-order valence-electron chi connectivity index (χ3n) is 4.71. The summed E-state index contributed by atoms with van der Waals surface area (Å²) < 4.78 is 0. The molecule has 0 spiro atoms. The van der Waals surface area contributed by atoms with Gasteiger partial charge in [-0.05, 0) is 42.7 Å². The third-order valence-corrected chi connectivity index (χ3v) is 6.80. The molecule has 3 aliphatic rings. The van der Waals surface area contributed by atoms with E-state index in [4.69, 9.17) is 0 Å². The smallest absolute Gasteiger partial charge is 0.117 e. The quantitative estimate of drug-likeness (QED) is 0.702. The van der Waals surface area contributed by atoms with Crippen LogP contribution < -0.4 is 0 Å². The van der Waals surface area contributed by atoms with Crippen LogP contribution in [-0.2, 0) is 0 Å². The molecule has 0 aliphatic heterocycles. The Morgan fingerprint density at radius 3 is 2.71 bits per heavy atom. The summed E-state index contributed by atoms with van der Waals surface area (Å²) >= 11 is 0. The summed E-state index contributed by atoms with van der Waals surface area (Å²) in [7, 11) is -1.40. The standard InChI is InChI=1S/C14H22O2Si/c1-17(2,3)10-7-6-9-5-4-8-14(16)12(9)11(10)13(14)15/h7,9,13,15-16H,4-6,8H2,1-3H3/t9-,13-,14+/m1/s1. The molecule has 0 radical (unpaired) electrons. The minimum absolute atomic E-state index is 0.507. The second kappa shape index (κ2) is 3.34. The molecular formula is C14H22O2Si. The van der Waals surface area contributed by atoms with Crippen molar-refractivity contribution in [3.63, 3.8) is 0 Å². The Balaban J connectivity index is 2.09. The van der Waals surface area contributed by atoms with E-state index in [9.17, 15) is 10.2 Å². The molecule has 0 saturated heterocycles. The summed E-state index contributed by atoms with van der Waals surface area (Å²) in [5.74, 6) is 0.507. The summed E-state index contributed by atoms with van der Waals surface area (Å²) in [5.41, 5.74) is 1.47. The summed E-state index contributed by atoms with van der Waals surface area (Å²) in [6, 6.07) is 0. The van der Waals surface area contributed by atoms with E-state index in [0.29, 0.717) is 5.92 Å². The van der Waals surface area contributed by atoms with Gasteiger partial charge in [0.15, 0.2) is 0 Å². The first-order valence-corrected chi connectivity index (χ1v) is 10.2. The van der Waals surface area contributed by atoms with E-state index in [0.717, 1.165) is 24.8 Å². The zero-order valence-electron chi connectivity index (χ0n) is 11.0. The first kappa shape index (κ1) is 11.7. The van der Waals surface area contributed by atoms with Crippen molar-refractivity contribution in [2.75, 3.05) is 0 Å². The van der Waals surface area contributed by atoms with E-state index in [1.165, 1.54) is 17.2 Å². The largest absolute Gasteiger partial charge is 0.385 e. The van der Waals surface area contributed by atoms with Crippen molar-refractivity contribution in [1.82, 2.24) is 0 Å². The predicted molar refractivity (Wildman–Crippen MR) is 71.4 cm³/mol. The van der Waals surface area contributed by atoms with Gasteiger partial charge in [-0.25, -0.2) is 0 Å². The Morgan fingerprint density at radius 1 is 1.35 bits per heavy atom. The van der Waals surface area contributed by atoms with Crippen molar-refractivity contribution < 1.29 is 10.2 Å². The lowest BCUT2D eigenvalue weighted by Gasteiger charge is -2.56. The lowest BCUT2D eigenvalue weighted by Crippen LogP contribution is -2.60. The Morgan fingerprint density at radius 2 is 2.06 bits per heavy atom. The van der Waals surface area contributed by atoms with Crippen molar-refractivity contribution in [3.8, 4) is 0 Å². The molecule has 3 rings (SSSR count). The van der Waals surface area contributed by atoms with E-state index in [2.05, 4.69) is 25.7 Å². The molecule has 3 heteroatoms. The fourth-order valence-electron chi connectivity index (χ4n) is 3.90. The highest BCUT2D eigenvalue weighted by Gasteiger charge is 2.58. The van der Waals surface area contributed by atoms with E-state index in [1.807, 2.05) is 0 Å². The molecule has 0 amide bonds. The van der Waals surface area contributed by atoms with Crippen molar-refractivity contribution in [2.45, 2.75) is 57.0 Å². The van der Waals surface area contributed by atoms with Crippen LogP contribution in [0, 0.1) is 5.92 Å². The maximum atomic E-state index is 10.6. The molecule has 94 valence electrons. The second-order valence-electron chi connectivity index (χ2n) is 6.85. The molecule has 0 aromatic carbocycles. The molecule has 0 heterocycles. The highest BCUT2D eigenvalue weighted by Crippen LogP contribution is 2.57. The summed E-state index contributed by atoms with van der Waals surface area (Å²) in [6.45, 7) is 6.96. The Bertz CT molecular complexity index is 430. The van der Waals surface area contributed by atoms with Gasteiger partial charge in [0.05, 0.1) is 8.07 Å². The molecule has 17 heavy (non-hydrogen) atoms. The SMILES string of the molecule is C[Si](C)(C)C1=CC[C@H]2CCC[C@]3(O)C2=C1[C@H]3O. The van der Waals surface area contributed by atoms with Crippen LogP contribution in [0.15, 0.2) is 22.4 Å². The van der Waals surface area contributed by atoms with Crippen LogP contribution in [0.1, 0.15) is 25.7 Å². The average molecular weight is 250 g/mol. The molecule has 1 saturated carbocycles. The van der Waals surface area contributed by atoms with Gasteiger partial charge >= 0.3 is 0 Å². The number of hydrogen-bond donors (Lipinski definition) is 2. The number of aliphatic hydroxyl groups is 2. The normalized spacial score (nSPS) is 40.6. The Labute approximate surface area is 104 Å². The van der Waals surface area contributed by atoms with Crippen LogP contribution in [0.5, 0.6) is 0 Å². The van der Waals surface area contributed by atoms with Crippen LogP contribution in [0.25, 0.3) is 0 Å². The van der Waals surface area contributed by atoms with Crippen LogP contribution >= 0.6 is 0 Å². The molecule has 0 unspecified atom stereocenters. The van der Waals surface area contributed by atoms with Gasteiger partial charge in [-0.1, -0.05) is 30.9 Å². The minimum Gasteiger partial charge on any atom is -0.385 e. The first-order chi connectivity index (χ1) is 7.86. The number of rotatable bonds is 1. The number of hydrogen-bond acceptors (Lipinski definition) is 2. The molecular weight excluding hydrogens is 228 g/mol. The Kier molecular flexibility index (Phi) is 2.30. The molecule has 0 bridgehead atoms. The number of aliphatic hydroxyl groups excluding tert-OH is 1. The highest BCUT2D eigenvalue weighted by molar-refractivity contribution is 6.84. The van der Waals surface area contributed by atoms with Crippen LogP contribution in [-0.4, -0.2) is 30.0 Å². The lowest BCUT2D eigenvalue weighted by atomic mass is 9.57. The minimum atomic E-state index is -1.40. The van der Waals surface area contributed by atoms with Gasteiger partial charge in [-0.3, -0.25) is 0 Å². The van der Waals surface area contributed by atoms with Crippen molar-refractivity contribution in [1.29, 1.82) is 0 Å². The van der Waals surface area contributed by atoms with Gasteiger partial charge in [0.2, 0.25) is 0 Å². The van der Waals surface area contributed by atoms with Crippen LogP contribution in [0.2, 0.25) is 19.6 Å². The molecule has 3 aliphatic carbocycles. The summed E-state index contributed by atoms with van der Waals surface area (Å²) in [6.07, 6.45) is 5.80. The van der Waals surface area contributed by atoms with E-state index < -0.39 is 19.8 Å². The fourth-order valence-corrected chi connectivity index (χ4v) is 5.71. The zero-order valence-corrected chi connectivity index (χ0v) is 12.0. The van der Waals surface area contributed by atoms with Gasteiger partial charge < -0.3 is 10.2 Å². The molecule has 2 nitrogen and oxygen atoms in total. The maximum absolute atomic E-state index is 10.6. The van der Waals surface area contributed by atoms with Crippen molar-refractivity contribution in [2.24, 2.45) is 5.92 Å². The second-order valence-corrected chi connectivity index (χ2v) is 11.9. The molecule has 3 atom stereocenters. The van der Waals surface area contributed by atoms with Gasteiger partial charge in [-0.15, -0.1) is 0 Å². The van der Waals surface area contributed by atoms with Crippen LogP contribution in [0.4, 0.5) is 0 Å². The highest BCUT2D eigenvalue weighted by atomic mass is 28.3. The van der Waals surface area contributed by atoms with Gasteiger partial charge in [0.25, 0.3) is 0 Å². The van der Waals surface area contributed by atoms with Crippen molar-refractivity contribution in [3.05, 3.63) is 22.4 Å². The van der Waals surface area contributed by atoms with E-state index in [-0.39, 0.29) is 0 Å². The average Bonchev–Trinajstić information content (AvgIpc) is 2.26. The monoisotopic (exact) mass is 250 g/mol. The van der Waals surface area contributed by atoms with Gasteiger partial charge in [0, 0.05) is 0 Å². The molecule has 2 N–H and O–H groups in total. The third kappa shape index (κ3) is 1.39. The molecule has 0 aromatic rings. The first-order valence-electron chi connectivity index (χ1n) is 6.71. The topological polar surface area (TPSA) is 40.5 Å². The summed E-state index contributed by atoms with van der Waals surface area (Å²) in [5, 5.41) is 22.3. The van der Waals surface area contributed by atoms with Crippen LogP contribution in [0.3, 0.4) is 0 Å². The van der Waals surface area contributed by atoms with E-state index in [1.54, 1.807) is 0 Å². The predicted octanol–water partition coefficient (Wildman–Crippen LogP) is 2.40. The zero-order chi connectivity index (χ0) is 12.4. The fraction of sp³-hybridized carbons (Fsp3) is 0.714. The molecule has 1 fully saturated rings. The van der Waals surface area contributed by atoms with E-state index >= 15 is 0 Å². The lowest BCUT2D eigenvalue weighted by molar-refractivity contribution is -0.0815. The summed E-state index contributed by atoms with van der Waals surface area (Å²) in [4.78, 5) is 0. The van der Waals surface area contributed by atoms with Crippen molar-refractivity contribution >= 4 is 8.07 Å². The Hall–Kier alpha value is -0.383. The number of allylic oxidation sites excluding steroid dienone is 1.